The van der Waals surface area contributed by atoms with Gasteiger partial charge in [0, 0.05) is 11.6 Å². The summed E-state index contributed by atoms with van der Waals surface area (Å²) in [5, 5.41) is 3.16. The van der Waals surface area contributed by atoms with Gasteiger partial charge in [-0.15, -0.1) is 0 Å². The average molecular weight is 298 g/mol. The van der Waals surface area contributed by atoms with Gasteiger partial charge in [-0.2, -0.15) is 0 Å². The quantitative estimate of drug-likeness (QED) is 0.867. The van der Waals surface area contributed by atoms with Crippen molar-refractivity contribution in [3.63, 3.8) is 0 Å². The van der Waals surface area contributed by atoms with Crippen LogP contribution >= 0.6 is 11.6 Å². The van der Waals surface area contributed by atoms with Crippen molar-refractivity contribution < 1.29 is 14.3 Å². The summed E-state index contributed by atoms with van der Waals surface area (Å²) in [6.45, 7) is 7.22. The standard InChI is InChI=1S/C15H20ClNO3/c1-14(2,3)20-13(19)17-9-15(4,10-18)11-6-5-7-12(16)8-11/h5-8,10H,9H2,1-4H3,(H,17,19). The molecular formula is C15H20ClNO3. The Morgan fingerprint density at radius 3 is 2.50 bits per heavy atom. The SMILES string of the molecule is CC(C)(C)OC(=O)NCC(C)(C=O)c1cccc(Cl)c1. The summed E-state index contributed by atoms with van der Waals surface area (Å²) in [5.41, 5.74) is -0.671. The normalized spacial score (nSPS) is 14.2. The summed E-state index contributed by atoms with van der Waals surface area (Å²) >= 11 is 5.93. The van der Waals surface area contributed by atoms with Crippen molar-refractivity contribution in [2.24, 2.45) is 0 Å². The molecule has 110 valence electrons. The molecule has 1 atom stereocenters. The zero-order chi connectivity index (χ0) is 15.4. The molecule has 4 nitrogen and oxygen atoms in total. The number of hydrogen-bond donors (Lipinski definition) is 1. The third-order valence-corrected chi connectivity index (χ3v) is 2.98. The van der Waals surface area contributed by atoms with Crippen molar-refractivity contribution in [3.05, 3.63) is 34.9 Å². The van der Waals surface area contributed by atoms with Crippen LogP contribution in [-0.2, 0) is 14.9 Å². The van der Waals surface area contributed by atoms with E-state index in [0.717, 1.165) is 11.8 Å². The fourth-order valence-corrected chi connectivity index (χ4v) is 1.82. The van der Waals surface area contributed by atoms with E-state index in [1.807, 2.05) is 0 Å². The first-order valence-corrected chi connectivity index (χ1v) is 6.73. The third-order valence-electron chi connectivity index (χ3n) is 2.74. The number of nitrogens with one attached hydrogen (secondary N) is 1. The number of benzene rings is 1. The predicted molar refractivity (Wildman–Crippen MR) is 79.1 cm³/mol. The molecule has 0 saturated heterocycles. The van der Waals surface area contributed by atoms with Crippen LogP contribution in [0.1, 0.15) is 33.3 Å². The van der Waals surface area contributed by atoms with E-state index < -0.39 is 17.1 Å². The fraction of sp³-hybridized carbons (Fsp3) is 0.467. The van der Waals surface area contributed by atoms with Crippen molar-refractivity contribution in [2.45, 2.75) is 38.7 Å². The van der Waals surface area contributed by atoms with Gasteiger partial charge in [0.2, 0.25) is 0 Å². The monoisotopic (exact) mass is 297 g/mol. The molecule has 20 heavy (non-hydrogen) atoms. The molecule has 0 heterocycles. The molecule has 1 aromatic carbocycles. The molecule has 1 aromatic rings. The number of carbonyl (C=O) groups is 2. The maximum atomic E-state index is 11.6. The Morgan fingerprint density at radius 1 is 1.35 bits per heavy atom. The Kier molecular flexibility index (Phi) is 5.17. The van der Waals surface area contributed by atoms with E-state index >= 15 is 0 Å². The molecule has 0 radical (unpaired) electrons. The van der Waals surface area contributed by atoms with Crippen molar-refractivity contribution in [1.82, 2.24) is 5.32 Å². The number of carbonyl (C=O) groups excluding carboxylic acids is 2. The summed E-state index contributed by atoms with van der Waals surface area (Å²) in [5.74, 6) is 0. The molecule has 0 saturated carbocycles. The second-order valence-corrected chi connectivity index (χ2v) is 6.34. The lowest BCUT2D eigenvalue weighted by Gasteiger charge is -2.26. The molecule has 5 heteroatoms. The predicted octanol–water partition coefficient (Wildman–Crippen LogP) is 3.32. The molecule has 1 N–H and O–H groups in total. The average Bonchev–Trinajstić information content (AvgIpc) is 2.34. The minimum atomic E-state index is -0.845. The van der Waals surface area contributed by atoms with E-state index in [0.29, 0.717) is 5.02 Å². The molecule has 0 spiro atoms. The van der Waals surface area contributed by atoms with E-state index in [2.05, 4.69) is 5.32 Å². The van der Waals surface area contributed by atoms with Gasteiger partial charge in [0.1, 0.15) is 11.9 Å². The van der Waals surface area contributed by atoms with Crippen LogP contribution in [0, 0.1) is 0 Å². The van der Waals surface area contributed by atoms with Crippen LogP contribution in [0.5, 0.6) is 0 Å². The molecule has 0 aliphatic heterocycles. The van der Waals surface area contributed by atoms with Crippen molar-refractivity contribution in [1.29, 1.82) is 0 Å². The largest absolute Gasteiger partial charge is 0.444 e. The lowest BCUT2D eigenvalue weighted by molar-refractivity contribution is -0.112. The molecular weight excluding hydrogens is 278 g/mol. The van der Waals surface area contributed by atoms with Gasteiger partial charge in [-0.1, -0.05) is 23.7 Å². The first-order chi connectivity index (χ1) is 9.16. The van der Waals surface area contributed by atoms with Gasteiger partial charge in [0.25, 0.3) is 0 Å². The number of ether oxygens (including phenoxy) is 1. The topological polar surface area (TPSA) is 55.4 Å². The Bertz CT molecular complexity index is 496. The van der Waals surface area contributed by atoms with E-state index in [1.165, 1.54) is 0 Å². The lowest BCUT2D eigenvalue weighted by atomic mass is 9.84. The Morgan fingerprint density at radius 2 is 2.00 bits per heavy atom. The number of alkyl carbamates (subject to hydrolysis) is 1. The molecule has 0 aliphatic rings. The molecule has 0 bridgehead atoms. The van der Waals surface area contributed by atoms with E-state index in [4.69, 9.17) is 16.3 Å². The fourth-order valence-electron chi connectivity index (χ4n) is 1.63. The van der Waals surface area contributed by atoms with Crippen molar-refractivity contribution in [3.8, 4) is 0 Å². The molecule has 1 unspecified atom stereocenters. The third kappa shape index (κ3) is 4.85. The number of amides is 1. The Balaban J connectivity index is 2.76. The Labute approximate surface area is 124 Å². The number of aldehydes is 1. The number of halogens is 1. The van der Waals surface area contributed by atoms with Gasteiger partial charge in [-0.25, -0.2) is 4.79 Å². The first kappa shape index (κ1) is 16.5. The molecule has 0 aliphatic carbocycles. The van der Waals surface area contributed by atoms with E-state index in [9.17, 15) is 9.59 Å². The van der Waals surface area contributed by atoms with E-state index in [-0.39, 0.29) is 6.54 Å². The lowest BCUT2D eigenvalue weighted by Crippen LogP contribution is -2.42. The van der Waals surface area contributed by atoms with Crippen LogP contribution in [0.3, 0.4) is 0 Å². The van der Waals surface area contributed by atoms with Gasteiger partial charge in [0.05, 0.1) is 5.41 Å². The van der Waals surface area contributed by atoms with Crippen LogP contribution in [0.25, 0.3) is 0 Å². The highest BCUT2D eigenvalue weighted by Crippen LogP contribution is 2.23. The van der Waals surface area contributed by atoms with Crippen LogP contribution < -0.4 is 5.32 Å². The molecule has 1 rings (SSSR count). The van der Waals surface area contributed by atoms with Crippen LogP contribution in [0.4, 0.5) is 4.79 Å². The smallest absolute Gasteiger partial charge is 0.407 e. The molecule has 1 amide bonds. The highest BCUT2D eigenvalue weighted by Gasteiger charge is 2.28. The zero-order valence-corrected chi connectivity index (χ0v) is 13.0. The van der Waals surface area contributed by atoms with Crippen molar-refractivity contribution in [2.75, 3.05) is 6.54 Å². The van der Waals surface area contributed by atoms with Crippen LogP contribution in [-0.4, -0.2) is 24.5 Å². The second kappa shape index (κ2) is 6.27. The summed E-state index contributed by atoms with van der Waals surface area (Å²) in [4.78, 5) is 23.0. The summed E-state index contributed by atoms with van der Waals surface area (Å²) < 4.78 is 5.15. The van der Waals surface area contributed by atoms with Crippen LogP contribution in [0.15, 0.2) is 24.3 Å². The maximum Gasteiger partial charge on any atom is 0.407 e. The van der Waals surface area contributed by atoms with Gasteiger partial charge in [-0.3, -0.25) is 0 Å². The summed E-state index contributed by atoms with van der Waals surface area (Å²) in [6.07, 6.45) is 0.253. The number of rotatable bonds is 4. The van der Waals surface area contributed by atoms with Crippen LogP contribution in [0.2, 0.25) is 5.02 Å². The highest BCUT2D eigenvalue weighted by atomic mass is 35.5. The van der Waals surface area contributed by atoms with Crippen molar-refractivity contribution >= 4 is 24.0 Å². The molecule has 0 aromatic heterocycles. The Hall–Kier alpha value is -1.55. The maximum absolute atomic E-state index is 11.6. The van der Waals surface area contributed by atoms with Gasteiger partial charge in [-0.05, 0) is 45.4 Å². The summed E-state index contributed by atoms with van der Waals surface area (Å²) in [6, 6.07) is 7.02. The van der Waals surface area contributed by atoms with E-state index in [1.54, 1.807) is 52.0 Å². The minimum absolute atomic E-state index is 0.145. The highest BCUT2D eigenvalue weighted by molar-refractivity contribution is 6.30. The van der Waals surface area contributed by atoms with Gasteiger partial charge < -0.3 is 14.8 Å². The zero-order valence-electron chi connectivity index (χ0n) is 12.2. The second-order valence-electron chi connectivity index (χ2n) is 5.90. The summed E-state index contributed by atoms with van der Waals surface area (Å²) in [7, 11) is 0. The van der Waals surface area contributed by atoms with Gasteiger partial charge in [0.15, 0.2) is 0 Å². The first-order valence-electron chi connectivity index (χ1n) is 6.35. The minimum Gasteiger partial charge on any atom is -0.444 e. The number of hydrogen-bond acceptors (Lipinski definition) is 3. The van der Waals surface area contributed by atoms with Gasteiger partial charge >= 0.3 is 6.09 Å². The molecule has 0 fully saturated rings.